The summed E-state index contributed by atoms with van der Waals surface area (Å²) in [6.45, 7) is 4.36. The van der Waals surface area contributed by atoms with Crippen molar-refractivity contribution < 1.29 is 9.53 Å². The van der Waals surface area contributed by atoms with Crippen molar-refractivity contribution in [1.82, 2.24) is 14.9 Å². The van der Waals surface area contributed by atoms with Gasteiger partial charge in [-0.3, -0.25) is 4.79 Å². The SMILES string of the molecule is COc1ccc([C@@H]2CCCCCN2C(=O)Cc2c(C)nc(=O)[nH]c2C)cc1. The molecule has 6 nitrogen and oxygen atoms in total. The fraction of sp³-hybridized carbons (Fsp3) is 0.476. The average Bonchev–Trinajstić information content (AvgIpc) is 2.90. The molecular formula is C21H27N3O3. The van der Waals surface area contributed by atoms with E-state index in [2.05, 4.69) is 9.97 Å². The molecule has 1 saturated heterocycles. The maximum atomic E-state index is 13.2. The zero-order chi connectivity index (χ0) is 19.4. The van der Waals surface area contributed by atoms with Gasteiger partial charge in [-0.1, -0.05) is 25.0 Å². The van der Waals surface area contributed by atoms with Crippen LogP contribution in [0.15, 0.2) is 29.1 Å². The number of aromatic nitrogens is 2. The predicted octanol–water partition coefficient (Wildman–Crippen LogP) is 3.08. The largest absolute Gasteiger partial charge is 0.497 e. The third-order valence-corrected chi connectivity index (χ3v) is 5.35. The summed E-state index contributed by atoms with van der Waals surface area (Å²) < 4.78 is 5.25. The number of hydrogen-bond acceptors (Lipinski definition) is 4. The van der Waals surface area contributed by atoms with Gasteiger partial charge in [0.2, 0.25) is 5.91 Å². The van der Waals surface area contributed by atoms with Crippen LogP contribution in [0, 0.1) is 13.8 Å². The minimum Gasteiger partial charge on any atom is -0.497 e. The number of H-pyrrole nitrogens is 1. The van der Waals surface area contributed by atoms with E-state index in [0.29, 0.717) is 5.69 Å². The molecule has 2 heterocycles. The number of aryl methyl sites for hydroxylation is 2. The van der Waals surface area contributed by atoms with Crippen molar-refractivity contribution >= 4 is 5.91 Å². The summed E-state index contributed by atoms with van der Waals surface area (Å²) in [7, 11) is 1.65. The van der Waals surface area contributed by atoms with E-state index in [1.807, 2.05) is 36.1 Å². The van der Waals surface area contributed by atoms with Crippen LogP contribution in [0.2, 0.25) is 0 Å². The molecule has 0 aliphatic carbocycles. The third kappa shape index (κ3) is 4.38. The molecule has 0 bridgehead atoms. The Kier molecular flexibility index (Phi) is 5.94. The van der Waals surface area contributed by atoms with Gasteiger partial charge in [-0.25, -0.2) is 4.79 Å². The van der Waals surface area contributed by atoms with E-state index in [1.165, 1.54) is 0 Å². The Hall–Kier alpha value is -2.63. The summed E-state index contributed by atoms with van der Waals surface area (Å²) in [5, 5.41) is 0. The van der Waals surface area contributed by atoms with Crippen LogP contribution in [0.25, 0.3) is 0 Å². The van der Waals surface area contributed by atoms with Gasteiger partial charge in [0.25, 0.3) is 0 Å². The summed E-state index contributed by atoms with van der Waals surface area (Å²) in [5.41, 5.74) is 2.93. The molecule has 3 rings (SSSR count). The van der Waals surface area contributed by atoms with Crippen LogP contribution in [-0.4, -0.2) is 34.4 Å². The topological polar surface area (TPSA) is 75.3 Å². The number of methoxy groups -OCH3 is 1. The lowest BCUT2D eigenvalue weighted by Crippen LogP contribution is -2.36. The molecule has 1 aliphatic rings. The molecule has 1 atom stereocenters. The van der Waals surface area contributed by atoms with Crippen molar-refractivity contribution in [3.63, 3.8) is 0 Å². The molecular weight excluding hydrogens is 342 g/mol. The summed E-state index contributed by atoms with van der Waals surface area (Å²) in [5.74, 6) is 0.897. The fourth-order valence-electron chi connectivity index (χ4n) is 3.85. The second-order valence-electron chi connectivity index (χ2n) is 7.13. The molecule has 0 saturated carbocycles. The first-order chi connectivity index (χ1) is 13.0. The Labute approximate surface area is 159 Å². The van der Waals surface area contributed by atoms with Gasteiger partial charge in [-0.15, -0.1) is 0 Å². The summed E-state index contributed by atoms with van der Waals surface area (Å²) in [6.07, 6.45) is 4.47. The zero-order valence-electron chi connectivity index (χ0n) is 16.2. The highest BCUT2D eigenvalue weighted by molar-refractivity contribution is 5.79. The van der Waals surface area contributed by atoms with Gasteiger partial charge in [0, 0.05) is 23.5 Å². The molecule has 27 heavy (non-hydrogen) atoms. The Morgan fingerprint density at radius 2 is 1.96 bits per heavy atom. The van der Waals surface area contributed by atoms with Crippen molar-refractivity contribution in [2.75, 3.05) is 13.7 Å². The number of benzene rings is 1. The average molecular weight is 369 g/mol. The lowest BCUT2D eigenvalue weighted by atomic mass is 9.99. The molecule has 0 spiro atoms. The van der Waals surface area contributed by atoms with Crippen LogP contribution in [0.4, 0.5) is 0 Å². The van der Waals surface area contributed by atoms with Gasteiger partial charge in [0.1, 0.15) is 5.75 Å². The fourth-order valence-corrected chi connectivity index (χ4v) is 3.85. The normalized spacial score (nSPS) is 17.4. The summed E-state index contributed by atoms with van der Waals surface area (Å²) >= 11 is 0. The molecule has 1 aromatic heterocycles. The molecule has 0 unspecified atom stereocenters. The van der Waals surface area contributed by atoms with Crippen molar-refractivity contribution in [3.8, 4) is 5.75 Å². The van der Waals surface area contributed by atoms with E-state index >= 15 is 0 Å². The second-order valence-corrected chi connectivity index (χ2v) is 7.13. The van der Waals surface area contributed by atoms with Crippen LogP contribution in [-0.2, 0) is 11.2 Å². The van der Waals surface area contributed by atoms with E-state index in [4.69, 9.17) is 4.74 Å². The standard InChI is InChI=1S/C21H27N3O3/c1-14-18(15(2)23-21(26)22-14)13-20(25)24-12-6-4-5-7-19(24)16-8-10-17(27-3)11-9-16/h8-11,19H,4-7,12-13H2,1-3H3,(H,22,23,26)/t19-/m0/s1. The number of hydrogen-bond donors (Lipinski definition) is 1. The van der Waals surface area contributed by atoms with Gasteiger partial charge in [-0.2, -0.15) is 4.98 Å². The van der Waals surface area contributed by atoms with Crippen molar-refractivity contribution in [2.45, 2.75) is 52.0 Å². The van der Waals surface area contributed by atoms with Gasteiger partial charge >= 0.3 is 5.69 Å². The van der Waals surface area contributed by atoms with Gasteiger partial charge < -0.3 is 14.6 Å². The molecule has 2 aromatic rings. The molecule has 1 aromatic carbocycles. The van der Waals surface area contributed by atoms with Crippen molar-refractivity contribution in [2.24, 2.45) is 0 Å². The number of carbonyl (C=O) groups excluding carboxylic acids is 1. The van der Waals surface area contributed by atoms with Gasteiger partial charge in [-0.05, 0) is 44.4 Å². The number of rotatable bonds is 4. The quantitative estimate of drug-likeness (QED) is 0.899. The Balaban J connectivity index is 1.86. The minimum absolute atomic E-state index is 0.0715. The lowest BCUT2D eigenvalue weighted by molar-refractivity contribution is -0.133. The number of ether oxygens (including phenoxy) is 1. The molecule has 1 aliphatic heterocycles. The van der Waals surface area contributed by atoms with Crippen molar-refractivity contribution in [3.05, 3.63) is 57.3 Å². The Morgan fingerprint density at radius 1 is 1.22 bits per heavy atom. The third-order valence-electron chi connectivity index (χ3n) is 5.35. The number of likely N-dealkylation sites (tertiary alicyclic amines) is 1. The maximum absolute atomic E-state index is 13.2. The molecule has 1 amide bonds. The van der Waals surface area contributed by atoms with Crippen LogP contribution in [0.1, 0.15) is 54.2 Å². The predicted molar refractivity (Wildman–Crippen MR) is 104 cm³/mol. The number of aromatic amines is 1. The second kappa shape index (κ2) is 8.37. The van der Waals surface area contributed by atoms with E-state index in [1.54, 1.807) is 14.0 Å². The van der Waals surface area contributed by atoms with Gasteiger partial charge in [0.05, 0.1) is 19.6 Å². The summed E-state index contributed by atoms with van der Waals surface area (Å²) in [4.78, 5) is 33.4. The highest BCUT2D eigenvalue weighted by atomic mass is 16.5. The minimum atomic E-state index is -0.368. The zero-order valence-corrected chi connectivity index (χ0v) is 16.2. The monoisotopic (exact) mass is 369 g/mol. The van der Waals surface area contributed by atoms with Crippen LogP contribution in [0.3, 0.4) is 0 Å². The first-order valence-corrected chi connectivity index (χ1v) is 9.49. The van der Waals surface area contributed by atoms with Gasteiger partial charge in [0.15, 0.2) is 0 Å². The smallest absolute Gasteiger partial charge is 0.345 e. The lowest BCUT2D eigenvalue weighted by Gasteiger charge is -2.31. The molecule has 144 valence electrons. The highest BCUT2D eigenvalue weighted by Gasteiger charge is 2.27. The number of nitrogens with one attached hydrogen (secondary N) is 1. The van der Waals surface area contributed by atoms with E-state index in [-0.39, 0.29) is 24.1 Å². The number of carbonyl (C=O) groups is 1. The first kappa shape index (κ1) is 19.1. The van der Waals surface area contributed by atoms with E-state index in [9.17, 15) is 9.59 Å². The van der Waals surface area contributed by atoms with E-state index < -0.39 is 0 Å². The Bertz CT molecular complexity index is 832. The van der Waals surface area contributed by atoms with Crippen LogP contribution >= 0.6 is 0 Å². The maximum Gasteiger partial charge on any atom is 0.345 e. The van der Waals surface area contributed by atoms with Crippen LogP contribution in [0.5, 0.6) is 5.75 Å². The Morgan fingerprint density at radius 3 is 2.63 bits per heavy atom. The molecule has 1 fully saturated rings. The molecule has 1 N–H and O–H groups in total. The van der Waals surface area contributed by atoms with Crippen molar-refractivity contribution in [1.29, 1.82) is 0 Å². The number of nitrogens with zero attached hydrogens (tertiary/aromatic N) is 2. The molecule has 6 heteroatoms. The molecule has 0 radical (unpaired) electrons. The first-order valence-electron chi connectivity index (χ1n) is 9.49. The number of amides is 1. The highest BCUT2D eigenvalue weighted by Crippen LogP contribution is 2.31. The van der Waals surface area contributed by atoms with E-state index in [0.717, 1.165) is 54.8 Å². The summed E-state index contributed by atoms with van der Waals surface area (Å²) in [6, 6.07) is 8.06. The van der Waals surface area contributed by atoms with Crippen LogP contribution < -0.4 is 10.4 Å².